The molecule has 0 bridgehead atoms. The number of hydrogen-bond donors (Lipinski definition) is 4. The first-order valence-corrected chi connectivity index (χ1v) is 24.3. The molecule has 0 aliphatic carbocycles. The zero-order valence-corrected chi connectivity index (χ0v) is 43.2. The molecule has 0 saturated carbocycles. The van der Waals surface area contributed by atoms with Crippen LogP contribution in [0.1, 0.15) is 112 Å². The number of likely N-dealkylation sites (N-methyl/N-ethyl adjacent to an activating group) is 1. The average Bonchev–Trinajstić information content (AvgIpc) is 3.77. The molecule has 2 aromatic rings. The number of aliphatic hydroxyl groups excluding tert-OH is 1. The van der Waals surface area contributed by atoms with Gasteiger partial charge < -0.3 is 44.9 Å². The van der Waals surface area contributed by atoms with Crippen molar-refractivity contribution in [1.82, 2.24) is 25.8 Å². The standard InChI is InChI=1S/C51H76ClN5O12/c1-13-32(6)42(54-45(60)43(55-50(65)69-51(8,9)10)33(7)67-49(64)39(56(11)12)27-34-21-23-36(52)24-22-34)40(58)28-41(59)68-44(31(4)5)46(61)53-37(26-30(2)3)47(62)57-25-17-20-38(57)48(63)66-29-35-18-15-14-16-19-35/h14-16,18-19,21-24,30-33,37-40,42-44,58H,13,17,20,25-29H2,1-12H3,(H,53,61)(H,54,60)(H,55,65)/t32-,33+,37-,38-,39-,40-,42?,43-,44-/m0/s1. The number of likely N-dealkylation sites (tertiary alicyclic amines) is 1. The van der Waals surface area contributed by atoms with Crippen molar-refractivity contribution in [3.05, 3.63) is 70.7 Å². The Labute approximate surface area is 413 Å². The van der Waals surface area contributed by atoms with Gasteiger partial charge in [-0.2, -0.15) is 0 Å². The minimum Gasteiger partial charge on any atom is -0.459 e. The Kier molecular flexibility index (Phi) is 22.9. The molecule has 69 heavy (non-hydrogen) atoms. The largest absolute Gasteiger partial charge is 0.459 e. The fourth-order valence-electron chi connectivity index (χ4n) is 7.83. The second kappa shape index (κ2) is 27.2. The summed E-state index contributed by atoms with van der Waals surface area (Å²) in [6.07, 6.45) is -3.87. The number of carbonyl (C=O) groups is 7. The summed E-state index contributed by atoms with van der Waals surface area (Å²) < 4.78 is 22.6. The first-order chi connectivity index (χ1) is 32.3. The van der Waals surface area contributed by atoms with Gasteiger partial charge in [0.25, 0.3) is 5.91 Å². The van der Waals surface area contributed by atoms with Crippen LogP contribution in [0.5, 0.6) is 0 Å². The SMILES string of the molecule is CC[C@H](C)C(NC(=O)[C@@H](NC(=O)OC(C)(C)C)[C@@H](C)OC(=O)[C@H](Cc1ccc(Cl)cc1)N(C)C)[C@@H](O)CC(=O)O[C@H](C(=O)N[C@@H](CC(C)C)C(=O)N1CCC[C@H]1C(=O)OCc1ccccc1)C(C)C. The van der Waals surface area contributed by atoms with Crippen molar-refractivity contribution in [3.63, 3.8) is 0 Å². The van der Waals surface area contributed by atoms with E-state index < -0.39 is 114 Å². The van der Waals surface area contributed by atoms with Crippen LogP contribution in [0.3, 0.4) is 0 Å². The zero-order chi connectivity index (χ0) is 51.7. The van der Waals surface area contributed by atoms with Crippen LogP contribution in [-0.2, 0) is 60.7 Å². The Morgan fingerprint density at radius 2 is 1.49 bits per heavy atom. The van der Waals surface area contributed by atoms with Crippen LogP contribution in [0, 0.1) is 17.8 Å². The van der Waals surface area contributed by atoms with E-state index in [1.165, 1.54) is 11.8 Å². The van der Waals surface area contributed by atoms with E-state index in [2.05, 4.69) is 16.0 Å². The van der Waals surface area contributed by atoms with E-state index in [0.717, 1.165) is 11.1 Å². The number of ether oxygens (including phenoxy) is 4. The number of nitrogens with one attached hydrogen (secondary N) is 3. The van der Waals surface area contributed by atoms with Crippen LogP contribution in [0.15, 0.2) is 54.6 Å². The third-order valence-corrected chi connectivity index (χ3v) is 12.0. The van der Waals surface area contributed by atoms with Gasteiger partial charge in [-0.3, -0.25) is 28.9 Å². The first kappa shape index (κ1) is 58.1. The lowest BCUT2D eigenvalue weighted by Crippen LogP contribution is -2.59. The molecule has 0 radical (unpaired) electrons. The number of benzene rings is 2. The maximum Gasteiger partial charge on any atom is 0.408 e. The molecular weight excluding hydrogens is 910 g/mol. The van der Waals surface area contributed by atoms with Crippen LogP contribution in [0.2, 0.25) is 5.02 Å². The molecule has 1 unspecified atom stereocenters. The summed E-state index contributed by atoms with van der Waals surface area (Å²) in [5.41, 5.74) is 0.672. The molecule has 0 aromatic heterocycles. The van der Waals surface area contributed by atoms with Gasteiger partial charge >= 0.3 is 24.0 Å². The van der Waals surface area contributed by atoms with Crippen molar-refractivity contribution < 1.29 is 57.6 Å². The number of aliphatic hydroxyl groups is 1. The topological polar surface area (TPSA) is 219 Å². The van der Waals surface area contributed by atoms with E-state index in [0.29, 0.717) is 30.8 Å². The first-order valence-electron chi connectivity index (χ1n) is 23.9. The van der Waals surface area contributed by atoms with Crippen molar-refractivity contribution in [3.8, 4) is 0 Å². The molecule has 384 valence electrons. The molecule has 17 nitrogen and oxygen atoms in total. The summed E-state index contributed by atoms with van der Waals surface area (Å²) in [6.45, 7) is 17.4. The zero-order valence-electron chi connectivity index (χ0n) is 42.4. The lowest BCUT2D eigenvalue weighted by Gasteiger charge is -2.33. The van der Waals surface area contributed by atoms with E-state index >= 15 is 0 Å². The number of esters is 3. The van der Waals surface area contributed by atoms with Gasteiger partial charge in [-0.25, -0.2) is 9.59 Å². The van der Waals surface area contributed by atoms with Gasteiger partial charge in [0, 0.05) is 11.6 Å². The Balaban J connectivity index is 1.77. The Bertz CT molecular complexity index is 2010. The molecule has 1 aliphatic heterocycles. The molecule has 1 heterocycles. The van der Waals surface area contributed by atoms with Gasteiger partial charge in [0.1, 0.15) is 42.5 Å². The molecule has 9 atom stereocenters. The predicted molar refractivity (Wildman–Crippen MR) is 260 cm³/mol. The van der Waals surface area contributed by atoms with E-state index in [-0.39, 0.29) is 25.4 Å². The highest BCUT2D eigenvalue weighted by Gasteiger charge is 2.41. The number of amides is 4. The van der Waals surface area contributed by atoms with Crippen molar-refractivity contribution >= 4 is 53.3 Å². The Morgan fingerprint density at radius 3 is 2.06 bits per heavy atom. The number of carbonyl (C=O) groups excluding carboxylic acids is 7. The molecule has 4 N–H and O–H groups in total. The molecule has 4 amide bonds. The molecular formula is C51H76ClN5O12. The van der Waals surface area contributed by atoms with Gasteiger partial charge in [0.05, 0.1) is 18.6 Å². The van der Waals surface area contributed by atoms with Crippen LogP contribution in [0.25, 0.3) is 0 Å². The minimum absolute atomic E-state index is 0.0442. The molecule has 18 heteroatoms. The highest BCUT2D eigenvalue weighted by molar-refractivity contribution is 6.30. The number of nitrogens with zero attached hydrogens (tertiary/aromatic N) is 2. The summed E-state index contributed by atoms with van der Waals surface area (Å²) in [6, 6.07) is 10.9. The van der Waals surface area contributed by atoms with Gasteiger partial charge in [-0.1, -0.05) is 102 Å². The van der Waals surface area contributed by atoms with Crippen LogP contribution in [-0.4, -0.2) is 131 Å². The van der Waals surface area contributed by atoms with E-state index in [9.17, 15) is 38.7 Å². The Morgan fingerprint density at radius 1 is 0.855 bits per heavy atom. The number of hydrogen-bond acceptors (Lipinski definition) is 13. The second-order valence-electron chi connectivity index (χ2n) is 19.9. The summed E-state index contributed by atoms with van der Waals surface area (Å²) >= 11 is 6.06. The molecule has 1 saturated heterocycles. The molecule has 1 aliphatic rings. The summed E-state index contributed by atoms with van der Waals surface area (Å²) in [4.78, 5) is 99.0. The molecule has 0 spiro atoms. The maximum absolute atomic E-state index is 14.2. The minimum atomic E-state index is -1.55. The predicted octanol–water partition coefficient (Wildman–Crippen LogP) is 5.75. The fourth-order valence-corrected chi connectivity index (χ4v) is 7.96. The lowest BCUT2D eigenvalue weighted by atomic mass is 9.92. The lowest BCUT2D eigenvalue weighted by molar-refractivity contribution is -0.162. The van der Waals surface area contributed by atoms with Gasteiger partial charge in [0.15, 0.2) is 6.10 Å². The molecule has 2 aromatic carbocycles. The quantitative estimate of drug-likeness (QED) is 0.0728. The third kappa shape index (κ3) is 18.9. The molecule has 1 fully saturated rings. The van der Waals surface area contributed by atoms with E-state index in [1.807, 2.05) is 51.1 Å². The third-order valence-electron chi connectivity index (χ3n) is 11.8. The smallest absolute Gasteiger partial charge is 0.408 e. The summed E-state index contributed by atoms with van der Waals surface area (Å²) in [5, 5.41) is 20.2. The highest BCUT2D eigenvalue weighted by Crippen LogP contribution is 2.24. The van der Waals surface area contributed by atoms with Crippen molar-refractivity contribution in [2.24, 2.45) is 17.8 Å². The van der Waals surface area contributed by atoms with Crippen molar-refractivity contribution in [2.75, 3.05) is 20.6 Å². The average molecular weight is 987 g/mol. The normalized spacial score (nSPS) is 17.4. The van der Waals surface area contributed by atoms with E-state index in [1.54, 1.807) is 84.8 Å². The van der Waals surface area contributed by atoms with Gasteiger partial charge in [0.2, 0.25) is 11.8 Å². The maximum atomic E-state index is 14.2. The van der Waals surface area contributed by atoms with Crippen molar-refractivity contribution in [1.29, 1.82) is 0 Å². The van der Waals surface area contributed by atoms with Crippen molar-refractivity contribution in [2.45, 2.75) is 168 Å². The Hall–Kier alpha value is -5.26. The summed E-state index contributed by atoms with van der Waals surface area (Å²) in [7, 11) is 3.41. The van der Waals surface area contributed by atoms with Crippen LogP contribution >= 0.6 is 11.6 Å². The monoisotopic (exact) mass is 986 g/mol. The summed E-state index contributed by atoms with van der Waals surface area (Å²) in [5.74, 6) is -5.22. The molecule has 3 rings (SSSR count). The van der Waals surface area contributed by atoms with E-state index in [4.69, 9.17) is 30.5 Å². The number of halogens is 1. The van der Waals surface area contributed by atoms with Crippen LogP contribution in [0.4, 0.5) is 4.79 Å². The van der Waals surface area contributed by atoms with Gasteiger partial charge in [-0.15, -0.1) is 0 Å². The number of rotatable bonds is 24. The number of alkyl carbamates (subject to hydrolysis) is 1. The van der Waals surface area contributed by atoms with Gasteiger partial charge in [-0.05, 0) is 108 Å². The fraction of sp³-hybridized carbons (Fsp3) is 0.627. The highest BCUT2D eigenvalue weighted by atomic mass is 35.5. The van der Waals surface area contributed by atoms with Crippen LogP contribution < -0.4 is 16.0 Å². The second-order valence-corrected chi connectivity index (χ2v) is 20.3.